The lowest BCUT2D eigenvalue weighted by atomic mass is 9.87. The van der Waals surface area contributed by atoms with Gasteiger partial charge in [-0.25, -0.2) is 4.79 Å². The largest absolute Gasteiger partial charge is 0.341 e. The molecular formula is C27H33ClN4O3. The smallest absolute Gasteiger partial charge is 0.321 e. The number of hydrogen-bond acceptors (Lipinski definition) is 3. The quantitative estimate of drug-likeness (QED) is 0.629. The number of carbonyl (C=O) groups is 3. The third kappa shape index (κ3) is 6.34. The van der Waals surface area contributed by atoms with Crippen molar-refractivity contribution >= 4 is 35.1 Å². The Morgan fingerprint density at radius 1 is 0.914 bits per heavy atom. The summed E-state index contributed by atoms with van der Waals surface area (Å²) in [6.45, 7) is 4.39. The van der Waals surface area contributed by atoms with Crippen molar-refractivity contribution in [3.05, 3.63) is 64.7 Å². The Bertz CT molecular complexity index is 1060. The third-order valence-corrected chi connectivity index (χ3v) is 7.22. The molecule has 4 amide bonds. The molecule has 4 rings (SSSR count). The van der Waals surface area contributed by atoms with Crippen LogP contribution in [0.1, 0.15) is 48.0 Å². The molecule has 35 heavy (non-hydrogen) atoms. The van der Waals surface area contributed by atoms with Crippen LogP contribution in [0.3, 0.4) is 0 Å². The van der Waals surface area contributed by atoms with Gasteiger partial charge in [0.25, 0.3) is 5.91 Å². The second-order valence-corrected chi connectivity index (χ2v) is 9.85. The molecule has 8 heteroatoms. The average molecular weight is 497 g/mol. The molecule has 1 atom stereocenters. The zero-order chi connectivity index (χ0) is 24.8. The summed E-state index contributed by atoms with van der Waals surface area (Å²) in [5.74, 6) is -0.263. The van der Waals surface area contributed by atoms with Gasteiger partial charge in [0.05, 0.1) is 0 Å². The van der Waals surface area contributed by atoms with E-state index in [0.717, 1.165) is 37.9 Å². The van der Waals surface area contributed by atoms with Gasteiger partial charge in [0.15, 0.2) is 0 Å². The number of hydrogen-bond donors (Lipinski definition) is 2. The molecule has 0 aromatic heterocycles. The van der Waals surface area contributed by atoms with E-state index in [0.29, 0.717) is 42.2 Å². The van der Waals surface area contributed by atoms with E-state index < -0.39 is 6.04 Å². The Morgan fingerprint density at radius 2 is 1.63 bits per heavy atom. The molecule has 0 spiro atoms. The minimum Gasteiger partial charge on any atom is -0.341 e. The van der Waals surface area contributed by atoms with Gasteiger partial charge in [-0.05, 0) is 74.8 Å². The van der Waals surface area contributed by atoms with Gasteiger partial charge >= 0.3 is 6.03 Å². The van der Waals surface area contributed by atoms with Crippen molar-refractivity contribution in [2.75, 3.05) is 31.5 Å². The molecule has 2 saturated heterocycles. The number of nitrogens with zero attached hydrogens (tertiary/aromatic N) is 2. The van der Waals surface area contributed by atoms with E-state index in [-0.39, 0.29) is 23.8 Å². The van der Waals surface area contributed by atoms with Crippen LogP contribution in [0.2, 0.25) is 5.02 Å². The van der Waals surface area contributed by atoms with E-state index in [9.17, 15) is 14.4 Å². The van der Waals surface area contributed by atoms with Crippen molar-refractivity contribution < 1.29 is 14.4 Å². The van der Waals surface area contributed by atoms with E-state index in [1.807, 2.05) is 30.0 Å². The van der Waals surface area contributed by atoms with Crippen molar-refractivity contribution in [2.45, 2.75) is 45.1 Å². The molecule has 2 aromatic rings. The van der Waals surface area contributed by atoms with Crippen molar-refractivity contribution in [3.63, 3.8) is 0 Å². The molecule has 2 heterocycles. The van der Waals surface area contributed by atoms with Gasteiger partial charge < -0.3 is 20.4 Å². The first-order valence-electron chi connectivity index (χ1n) is 12.4. The maximum atomic E-state index is 13.5. The average Bonchev–Trinajstić information content (AvgIpc) is 2.87. The number of nitrogens with one attached hydrogen (secondary N) is 2. The number of likely N-dealkylation sites (tertiary alicyclic amines) is 2. The summed E-state index contributed by atoms with van der Waals surface area (Å²) in [5, 5.41) is 6.52. The zero-order valence-electron chi connectivity index (χ0n) is 20.1. The fourth-order valence-corrected chi connectivity index (χ4v) is 5.13. The van der Waals surface area contributed by atoms with Crippen molar-refractivity contribution in [3.8, 4) is 0 Å². The lowest BCUT2D eigenvalue weighted by molar-refractivity contribution is -0.136. The second kappa shape index (κ2) is 11.6. The summed E-state index contributed by atoms with van der Waals surface area (Å²) in [5.41, 5.74) is 2.11. The molecule has 2 aliphatic heterocycles. The van der Waals surface area contributed by atoms with Gasteiger partial charge in [-0.3, -0.25) is 9.59 Å². The Kier molecular flexibility index (Phi) is 8.29. The highest BCUT2D eigenvalue weighted by molar-refractivity contribution is 6.30. The van der Waals surface area contributed by atoms with Gasteiger partial charge in [0.1, 0.15) is 6.04 Å². The fraction of sp³-hybridized carbons (Fsp3) is 0.444. The fourth-order valence-electron chi connectivity index (χ4n) is 4.94. The minimum atomic E-state index is -0.599. The number of carbonyl (C=O) groups excluding carboxylic acids is 3. The van der Waals surface area contributed by atoms with Crippen LogP contribution < -0.4 is 10.6 Å². The van der Waals surface area contributed by atoms with Crippen molar-refractivity contribution in [2.24, 2.45) is 5.92 Å². The van der Waals surface area contributed by atoms with Crippen molar-refractivity contribution in [1.29, 1.82) is 0 Å². The molecular weight excluding hydrogens is 464 g/mol. The molecule has 0 saturated carbocycles. The third-order valence-electron chi connectivity index (χ3n) is 6.98. The molecule has 0 bridgehead atoms. The summed E-state index contributed by atoms with van der Waals surface area (Å²) >= 11 is 6.02. The second-order valence-electron chi connectivity index (χ2n) is 9.42. The number of rotatable bonds is 5. The number of anilines is 1. The standard InChI is InChI=1S/C27H33ClN4O3/c1-19-8-3-4-11-23(19)25(33)30-24(26(34)31-14-5-2-6-15-31)20-12-16-32(17-13-20)27(35)29-22-10-7-9-21(28)18-22/h3-4,7-11,18,20,24H,2,5-6,12-17H2,1H3,(H,29,35)(H,30,33)/t24-/m0/s1. The van der Waals surface area contributed by atoms with E-state index in [1.165, 1.54) is 0 Å². The van der Waals surface area contributed by atoms with Crippen LogP contribution in [0.4, 0.5) is 10.5 Å². The topological polar surface area (TPSA) is 81.8 Å². The highest BCUT2D eigenvalue weighted by atomic mass is 35.5. The van der Waals surface area contributed by atoms with Crippen LogP contribution in [0.5, 0.6) is 0 Å². The van der Waals surface area contributed by atoms with Crippen LogP contribution in [-0.4, -0.2) is 59.9 Å². The van der Waals surface area contributed by atoms with Crippen LogP contribution >= 0.6 is 11.6 Å². The number of piperidine rings is 2. The van der Waals surface area contributed by atoms with Gasteiger partial charge in [-0.1, -0.05) is 35.9 Å². The maximum Gasteiger partial charge on any atom is 0.321 e. The molecule has 186 valence electrons. The van der Waals surface area contributed by atoms with Crippen molar-refractivity contribution in [1.82, 2.24) is 15.1 Å². The Balaban J connectivity index is 1.43. The summed E-state index contributed by atoms with van der Waals surface area (Å²) in [7, 11) is 0. The number of benzene rings is 2. The predicted molar refractivity (Wildman–Crippen MR) is 138 cm³/mol. The van der Waals surface area contributed by atoms with E-state index in [1.54, 1.807) is 35.2 Å². The van der Waals surface area contributed by atoms with Crippen LogP contribution in [0, 0.1) is 12.8 Å². The van der Waals surface area contributed by atoms with E-state index in [2.05, 4.69) is 10.6 Å². The van der Waals surface area contributed by atoms with Gasteiger partial charge in [0, 0.05) is 42.5 Å². The van der Waals surface area contributed by atoms with Gasteiger partial charge in [-0.15, -0.1) is 0 Å². The molecule has 0 unspecified atom stereocenters. The normalized spacial score (nSPS) is 17.5. The summed E-state index contributed by atoms with van der Waals surface area (Å²) in [6.07, 6.45) is 4.39. The van der Waals surface area contributed by atoms with Crippen LogP contribution in [0.15, 0.2) is 48.5 Å². The molecule has 0 radical (unpaired) electrons. The number of urea groups is 1. The number of halogens is 1. The molecule has 2 fully saturated rings. The van der Waals surface area contributed by atoms with Gasteiger partial charge in [-0.2, -0.15) is 0 Å². The highest BCUT2D eigenvalue weighted by Crippen LogP contribution is 2.25. The summed E-state index contributed by atoms with van der Waals surface area (Å²) < 4.78 is 0. The Morgan fingerprint density at radius 3 is 2.31 bits per heavy atom. The van der Waals surface area contributed by atoms with Gasteiger partial charge in [0.2, 0.25) is 5.91 Å². The molecule has 2 aromatic carbocycles. The zero-order valence-corrected chi connectivity index (χ0v) is 20.9. The summed E-state index contributed by atoms with van der Waals surface area (Å²) in [4.78, 5) is 43.1. The first-order valence-corrected chi connectivity index (χ1v) is 12.8. The molecule has 7 nitrogen and oxygen atoms in total. The number of aryl methyl sites for hydroxylation is 1. The first-order chi connectivity index (χ1) is 16.9. The maximum absolute atomic E-state index is 13.5. The summed E-state index contributed by atoms with van der Waals surface area (Å²) in [6, 6.07) is 13.7. The van der Waals surface area contributed by atoms with E-state index >= 15 is 0 Å². The van der Waals surface area contributed by atoms with Crippen LogP contribution in [0.25, 0.3) is 0 Å². The monoisotopic (exact) mass is 496 g/mol. The lowest BCUT2D eigenvalue weighted by Gasteiger charge is -2.38. The predicted octanol–water partition coefficient (Wildman–Crippen LogP) is 4.70. The molecule has 2 aliphatic rings. The Hall–Kier alpha value is -3.06. The Labute approximate surface area is 211 Å². The highest BCUT2D eigenvalue weighted by Gasteiger charge is 2.36. The number of amides is 4. The van der Waals surface area contributed by atoms with E-state index in [4.69, 9.17) is 11.6 Å². The van der Waals surface area contributed by atoms with Crippen LogP contribution in [-0.2, 0) is 4.79 Å². The first kappa shape index (κ1) is 25.0. The minimum absolute atomic E-state index is 0.00605. The molecule has 0 aliphatic carbocycles. The lowest BCUT2D eigenvalue weighted by Crippen LogP contribution is -2.55. The SMILES string of the molecule is Cc1ccccc1C(=O)N[C@H](C(=O)N1CCCCC1)C1CCN(C(=O)Nc2cccc(Cl)c2)CC1. The molecule has 2 N–H and O–H groups in total.